The summed E-state index contributed by atoms with van der Waals surface area (Å²) in [5.74, 6) is 0.257. The van der Waals surface area contributed by atoms with Gasteiger partial charge in [0.1, 0.15) is 0 Å². The summed E-state index contributed by atoms with van der Waals surface area (Å²) in [7, 11) is 1.73. The summed E-state index contributed by atoms with van der Waals surface area (Å²) in [5, 5.41) is 10.6. The Kier molecular flexibility index (Phi) is 4.94. The van der Waals surface area contributed by atoms with Gasteiger partial charge in [0.15, 0.2) is 0 Å². The summed E-state index contributed by atoms with van der Waals surface area (Å²) in [5.41, 5.74) is 0.888. The van der Waals surface area contributed by atoms with Crippen molar-refractivity contribution in [1.82, 2.24) is 0 Å². The first-order valence-corrected chi connectivity index (χ1v) is 7.25. The van der Waals surface area contributed by atoms with Crippen LogP contribution in [0.5, 0.6) is 0 Å². The number of hydrogen-bond acceptors (Lipinski definition) is 4. The van der Waals surface area contributed by atoms with Crippen molar-refractivity contribution in [2.75, 3.05) is 17.7 Å². The fourth-order valence-corrected chi connectivity index (χ4v) is 2.51. The van der Waals surface area contributed by atoms with Crippen LogP contribution in [0.15, 0.2) is 59.5 Å². The number of carbonyl (C=O) groups excluding carboxylic acids is 1. The number of benzene rings is 2. The van der Waals surface area contributed by atoms with Gasteiger partial charge in [-0.1, -0.05) is 18.2 Å². The molecule has 0 aromatic heterocycles. The number of carbonyl (C=O) groups is 1. The quantitative estimate of drug-likeness (QED) is 0.483. The van der Waals surface area contributed by atoms with Crippen LogP contribution in [-0.2, 0) is 4.79 Å². The lowest BCUT2D eigenvalue weighted by Crippen LogP contribution is -2.27. The van der Waals surface area contributed by atoms with E-state index in [4.69, 9.17) is 0 Å². The molecule has 6 heteroatoms. The van der Waals surface area contributed by atoms with Crippen LogP contribution in [0.4, 0.5) is 11.4 Å². The normalized spacial score (nSPS) is 10.1. The fourth-order valence-electron chi connectivity index (χ4n) is 1.70. The van der Waals surface area contributed by atoms with E-state index in [1.165, 1.54) is 23.9 Å². The highest BCUT2D eigenvalue weighted by molar-refractivity contribution is 8.00. The molecule has 0 saturated carbocycles. The van der Waals surface area contributed by atoms with Gasteiger partial charge in [0.05, 0.1) is 10.7 Å². The number of nitrogens with zero attached hydrogens (tertiary/aromatic N) is 2. The summed E-state index contributed by atoms with van der Waals surface area (Å²) >= 11 is 1.36. The maximum absolute atomic E-state index is 12.1. The van der Waals surface area contributed by atoms with Gasteiger partial charge >= 0.3 is 0 Å². The summed E-state index contributed by atoms with van der Waals surface area (Å²) in [4.78, 5) is 24.6. The van der Waals surface area contributed by atoms with E-state index in [2.05, 4.69) is 0 Å². The molecule has 0 spiro atoms. The monoisotopic (exact) mass is 302 g/mol. The third-order valence-corrected chi connectivity index (χ3v) is 3.92. The van der Waals surface area contributed by atoms with Gasteiger partial charge in [-0.15, -0.1) is 11.8 Å². The van der Waals surface area contributed by atoms with Gasteiger partial charge in [-0.05, 0) is 24.3 Å². The number of rotatable bonds is 5. The Morgan fingerprint density at radius 1 is 1.14 bits per heavy atom. The lowest BCUT2D eigenvalue weighted by molar-refractivity contribution is -0.384. The minimum atomic E-state index is -0.442. The van der Waals surface area contributed by atoms with Crippen LogP contribution in [0.3, 0.4) is 0 Å². The smallest absolute Gasteiger partial charge is 0.269 e. The van der Waals surface area contributed by atoms with E-state index in [9.17, 15) is 14.9 Å². The molecule has 2 rings (SSSR count). The summed E-state index contributed by atoms with van der Waals surface area (Å²) in [6.45, 7) is 0. The zero-order chi connectivity index (χ0) is 15.2. The molecule has 2 aromatic carbocycles. The standard InChI is InChI=1S/C15H14N2O3S/c1-16(12-5-3-2-4-6-12)15(18)11-21-14-9-7-13(8-10-14)17(19)20/h2-10H,11H2,1H3. The summed E-state index contributed by atoms with van der Waals surface area (Å²) in [6.07, 6.45) is 0. The van der Waals surface area contributed by atoms with E-state index in [-0.39, 0.29) is 17.3 Å². The van der Waals surface area contributed by atoms with Crippen LogP contribution >= 0.6 is 11.8 Å². The molecular formula is C15H14N2O3S. The molecule has 0 aliphatic carbocycles. The van der Waals surface area contributed by atoms with Crippen LogP contribution in [-0.4, -0.2) is 23.6 Å². The molecule has 0 saturated heterocycles. The third-order valence-electron chi connectivity index (χ3n) is 2.93. The van der Waals surface area contributed by atoms with Crippen LogP contribution in [0.25, 0.3) is 0 Å². The largest absolute Gasteiger partial charge is 0.315 e. The number of thioether (sulfide) groups is 1. The Morgan fingerprint density at radius 3 is 2.33 bits per heavy atom. The van der Waals surface area contributed by atoms with Crippen LogP contribution < -0.4 is 4.90 Å². The zero-order valence-electron chi connectivity index (χ0n) is 11.4. The second-order valence-electron chi connectivity index (χ2n) is 4.33. The molecule has 0 bridgehead atoms. The van der Waals surface area contributed by atoms with E-state index < -0.39 is 4.92 Å². The predicted octanol–water partition coefficient (Wildman–Crippen LogP) is 3.35. The summed E-state index contributed by atoms with van der Waals surface area (Å²) < 4.78 is 0. The molecule has 0 radical (unpaired) electrons. The molecule has 1 amide bonds. The molecule has 0 N–H and O–H groups in total. The molecule has 108 valence electrons. The van der Waals surface area contributed by atoms with E-state index >= 15 is 0 Å². The molecule has 0 fully saturated rings. The number of amides is 1. The molecule has 0 aliphatic rings. The van der Waals surface area contributed by atoms with Crippen molar-refractivity contribution in [3.63, 3.8) is 0 Å². The van der Waals surface area contributed by atoms with Gasteiger partial charge in [-0.25, -0.2) is 0 Å². The SMILES string of the molecule is CN(C(=O)CSc1ccc([N+](=O)[O-])cc1)c1ccccc1. The van der Waals surface area contributed by atoms with Crippen molar-refractivity contribution in [2.45, 2.75) is 4.90 Å². The second kappa shape index (κ2) is 6.90. The van der Waals surface area contributed by atoms with Crippen molar-refractivity contribution in [3.8, 4) is 0 Å². The first-order chi connectivity index (χ1) is 10.1. The summed E-state index contributed by atoms with van der Waals surface area (Å²) in [6, 6.07) is 15.6. The van der Waals surface area contributed by atoms with Crippen molar-refractivity contribution in [2.24, 2.45) is 0 Å². The Labute approximate surface area is 126 Å². The van der Waals surface area contributed by atoms with Gasteiger partial charge < -0.3 is 4.90 Å². The van der Waals surface area contributed by atoms with Crippen LogP contribution in [0, 0.1) is 10.1 Å². The van der Waals surface area contributed by atoms with E-state index in [1.807, 2.05) is 30.3 Å². The molecular weight excluding hydrogens is 288 g/mol. The first-order valence-electron chi connectivity index (χ1n) is 6.27. The molecule has 0 aliphatic heterocycles. The highest BCUT2D eigenvalue weighted by Gasteiger charge is 2.11. The number of anilines is 1. The molecule has 5 nitrogen and oxygen atoms in total. The van der Waals surface area contributed by atoms with Crippen LogP contribution in [0.1, 0.15) is 0 Å². The maximum atomic E-state index is 12.1. The maximum Gasteiger partial charge on any atom is 0.269 e. The Balaban J connectivity index is 1.93. The number of non-ortho nitro benzene ring substituents is 1. The molecule has 0 unspecified atom stereocenters. The highest BCUT2D eigenvalue weighted by Crippen LogP contribution is 2.22. The van der Waals surface area contributed by atoms with Gasteiger partial charge in [0, 0.05) is 29.8 Å². The van der Waals surface area contributed by atoms with E-state index in [0.717, 1.165) is 10.6 Å². The van der Waals surface area contributed by atoms with Gasteiger partial charge in [-0.2, -0.15) is 0 Å². The van der Waals surface area contributed by atoms with Gasteiger partial charge in [-0.3, -0.25) is 14.9 Å². The third kappa shape index (κ3) is 4.06. The zero-order valence-corrected chi connectivity index (χ0v) is 12.2. The van der Waals surface area contributed by atoms with Crippen molar-refractivity contribution < 1.29 is 9.72 Å². The average Bonchev–Trinajstić information content (AvgIpc) is 2.53. The fraction of sp³-hybridized carbons (Fsp3) is 0.133. The Hall–Kier alpha value is -2.34. The lowest BCUT2D eigenvalue weighted by atomic mass is 10.3. The average molecular weight is 302 g/mol. The first kappa shape index (κ1) is 15.1. The second-order valence-corrected chi connectivity index (χ2v) is 5.38. The number of nitro benzene ring substituents is 1. The molecule has 0 atom stereocenters. The van der Waals surface area contributed by atoms with Gasteiger partial charge in [0.25, 0.3) is 5.69 Å². The van der Waals surface area contributed by atoms with Gasteiger partial charge in [0.2, 0.25) is 5.91 Å². The van der Waals surface area contributed by atoms with E-state index in [0.29, 0.717) is 0 Å². The van der Waals surface area contributed by atoms with Crippen molar-refractivity contribution in [3.05, 3.63) is 64.7 Å². The molecule has 0 heterocycles. The Bertz CT molecular complexity index is 629. The topological polar surface area (TPSA) is 63.5 Å². The minimum absolute atomic E-state index is 0.0236. The molecule has 21 heavy (non-hydrogen) atoms. The van der Waals surface area contributed by atoms with E-state index in [1.54, 1.807) is 24.1 Å². The van der Waals surface area contributed by atoms with Crippen molar-refractivity contribution in [1.29, 1.82) is 0 Å². The Morgan fingerprint density at radius 2 is 1.76 bits per heavy atom. The minimum Gasteiger partial charge on any atom is -0.315 e. The number of para-hydroxylation sites is 1. The van der Waals surface area contributed by atoms with Crippen LogP contribution in [0.2, 0.25) is 0 Å². The molecule has 2 aromatic rings. The predicted molar refractivity (Wildman–Crippen MR) is 83.7 cm³/mol. The lowest BCUT2D eigenvalue weighted by Gasteiger charge is -2.16. The van der Waals surface area contributed by atoms with Crippen molar-refractivity contribution >= 4 is 29.0 Å². The number of nitro groups is 1. The highest BCUT2D eigenvalue weighted by atomic mass is 32.2. The number of hydrogen-bond donors (Lipinski definition) is 0.